The van der Waals surface area contributed by atoms with Crippen LogP contribution >= 0.6 is 0 Å². The van der Waals surface area contributed by atoms with Crippen molar-refractivity contribution in [3.63, 3.8) is 0 Å². The Morgan fingerprint density at radius 3 is 1.18 bits per heavy atom. The lowest BCUT2D eigenvalue weighted by Crippen LogP contribution is -2.30. The fourth-order valence-corrected chi connectivity index (χ4v) is 6.41. The zero-order valence-corrected chi connectivity index (χ0v) is 37.3. The molecule has 0 amide bonds. The number of hydrogen-bond donors (Lipinski definition) is 0. The van der Waals surface area contributed by atoms with Gasteiger partial charge >= 0.3 is 17.9 Å². The second-order valence-electron chi connectivity index (χ2n) is 15.6. The molecule has 0 radical (unpaired) electrons. The van der Waals surface area contributed by atoms with Crippen LogP contribution in [0.4, 0.5) is 0 Å². The number of esters is 3. The number of unbranched alkanes of at least 4 members (excludes halogenated alkanes) is 21. The number of rotatable bonds is 42. The third kappa shape index (κ3) is 44.1. The van der Waals surface area contributed by atoms with Gasteiger partial charge in [-0.3, -0.25) is 14.4 Å². The quantitative estimate of drug-likeness (QED) is 0.0265. The Kier molecular flexibility index (Phi) is 43.5. The minimum Gasteiger partial charge on any atom is -0.462 e. The summed E-state index contributed by atoms with van der Waals surface area (Å²) in [6.07, 6.45) is 54.9. The molecule has 0 saturated heterocycles. The fourth-order valence-electron chi connectivity index (χ4n) is 6.41. The van der Waals surface area contributed by atoms with Crippen LogP contribution in [0.3, 0.4) is 0 Å². The average molecular weight is 797 g/mol. The Morgan fingerprint density at radius 2 is 0.702 bits per heavy atom. The van der Waals surface area contributed by atoms with Gasteiger partial charge in [0.2, 0.25) is 0 Å². The SMILES string of the molecule is CC/C=C\C/C=C\C/C=C\C/C=C\CCCCC(=O)OC[C@H](COC(=O)CCCCCCC/C=C\CCCC)OC(=O)CCCCCCCCCCCCCCC. The zero-order chi connectivity index (χ0) is 41.5. The van der Waals surface area contributed by atoms with Crippen molar-refractivity contribution in [1.29, 1.82) is 0 Å². The van der Waals surface area contributed by atoms with Crippen LogP contribution in [0.15, 0.2) is 60.8 Å². The molecular weight excluding hydrogens is 709 g/mol. The molecule has 0 bridgehead atoms. The first-order chi connectivity index (χ1) is 28.0. The molecule has 0 heterocycles. The van der Waals surface area contributed by atoms with Crippen molar-refractivity contribution >= 4 is 17.9 Å². The van der Waals surface area contributed by atoms with Crippen molar-refractivity contribution in [2.24, 2.45) is 0 Å². The topological polar surface area (TPSA) is 78.9 Å². The first kappa shape index (κ1) is 54.1. The number of carbonyl (C=O) groups is 3. The van der Waals surface area contributed by atoms with Crippen molar-refractivity contribution in [3.8, 4) is 0 Å². The van der Waals surface area contributed by atoms with Crippen LogP contribution in [-0.4, -0.2) is 37.2 Å². The van der Waals surface area contributed by atoms with Gasteiger partial charge in [-0.2, -0.15) is 0 Å². The Balaban J connectivity index is 4.44. The minimum atomic E-state index is -0.790. The van der Waals surface area contributed by atoms with E-state index in [0.29, 0.717) is 19.3 Å². The molecule has 1 atom stereocenters. The fraction of sp³-hybridized carbons (Fsp3) is 0.745. The van der Waals surface area contributed by atoms with Crippen LogP contribution in [-0.2, 0) is 28.6 Å². The van der Waals surface area contributed by atoms with Crippen molar-refractivity contribution in [3.05, 3.63) is 60.8 Å². The van der Waals surface area contributed by atoms with Crippen LogP contribution in [0.2, 0.25) is 0 Å². The summed E-state index contributed by atoms with van der Waals surface area (Å²) in [6, 6.07) is 0. The van der Waals surface area contributed by atoms with Gasteiger partial charge in [-0.1, -0.05) is 191 Å². The van der Waals surface area contributed by atoms with E-state index in [-0.39, 0.29) is 31.1 Å². The summed E-state index contributed by atoms with van der Waals surface area (Å²) in [7, 11) is 0. The van der Waals surface area contributed by atoms with Crippen LogP contribution in [0.25, 0.3) is 0 Å². The van der Waals surface area contributed by atoms with Crippen LogP contribution in [0.1, 0.15) is 226 Å². The van der Waals surface area contributed by atoms with Gasteiger partial charge in [0.05, 0.1) is 0 Å². The smallest absolute Gasteiger partial charge is 0.306 e. The monoisotopic (exact) mass is 797 g/mol. The molecular formula is C51H88O6. The highest BCUT2D eigenvalue weighted by Crippen LogP contribution is 2.14. The Bertz CT molecular complexity index is 1050. The van der Waals surface area contributed by atoms with Gasteiger partial charge < -0.3 is 14.2 Å². The summed E-state index contributed by atoms with van der Waals surface area (Å²) in [6.45, 7) is 6.43. The molecule has 328 valence electrons. The van der Waals surface area contributed by atoms with Gasteiger partial charge in [-0.15, -0.1) is 0 Å². The highest BCUT2D eigenvalue weighted by molar-refractivity contribution is 5.71. The Hall–Kier alpha value is -2.89. The van der Waals surface area contributed by atoms with E-state index in [0.717, 1.165) is 89.9 Å². The van der Waals surface area contributed by atoms with E-state index in [9.17, 15) is 14.4 Å². The summed E-state index contributed by atoms with van der Waals surface area (Å²) in [5, 5.41) is 0. The van der Waals surface area contributed by atoms with E-state index in [1.54, 1.807) is 0 Å². The molecule has 0 rings (SSSR count). The molecule has 0 aromatic heterocycles. The second-order valence-corrected chi connectivity index (χ2v) is 15.6. The van der Waals surface area contributed by atoms with E-state index < -0.39 is 6.10 Å². The molecule has 0 aliphatic rings. The standard InChI is InChI=1S/C51H88O6/c1-4-7-10-13-16-19-22-24-25-27-29-32-35-38-41-44-50(53)56-47-48(46-55-49(52)43-40-37-34-31-28-21-18-15-12-9-6-3)57-51(54)45-42-39-36-33-30-26-23-20-17-14-11-8-5-2/h7,10,15-16,18-19,24-25,29,32,48H,4-6,8-9,11-14,17,20-23,26-28,30-31,33-47H2,1-3H3/b10-7-,18-15-,19-16-,25-24-,32-29-/t48-/m0/s1. The largest absolute Gasteiger partial charge is 0.462 e. The van der Waals surface area contributed by atoms with Gasteiger partial charge in [0.25, 0.3) is 0 Å². The predicted octanol–water partition coefficient (Wildman–Crippen LogP) is 15.3. The molecule has 0 aliphatic heterocycles. The average Bonchev–Trinajstić information content (AvgIpc) is 3.21. The molecule has 0 aromatic carbocycles. The van der Waals surface area contributed by atoms with E-state index in [2.05, 4.69) is 81.5 Å². The molecule has 57 heavy (non-hydrogen) atoms. The first-order valence-corrected chi connectivity index (χ1v) is 23.8. The lowest BCUT2D eigenvalue weighted by molar-refractivity contribution is -0.167. The lowest BCUT2D eigenvalue weighted by Gasteiger charge is -2.18. The summed E-state index contributed by atoms with van der Waals surface area (Å²) < 4.78 is 16.7. The maximum absolute atomic E-state index is 12.7. The molecule has 6 heteroatoms. The van der Waals surface area contributed by atoms with Crippen LogP contribution in [0, 0.1) is 0 Å². The van der Waals surface area contributed by atoms with Crippen molar-refractivity contribution in [1.82, 2.24) is 0 Å². The summed E-state index contributed by atoms with van der Waals surface area (Å²) in [4.78, 5) is 37.8. The van der Waals surface area contributed by atoms with Gasteiger partial charge in [0, 0.05) is 19.3 Å². The molecule has 0 unspecified atom stereocenters. The number of ether oxygens (including phenoxy) is 3. The van der Waals surface area contributed by atoms with Crippen molar-refractivity contribution < 1.29 is 28.6 Å². The van der Waals surface area contributed by atoms with Crippen molar-refractivity contribution in [2.75, 3.05) is 13.2 Å². The molecule has 0 aromatic rings. The number of allylic oxidation sites excluding steroid dienone is 10. The number of hydrogen-bond acceptors (Lipinski definition) is 6. The van der Waals surface area contributed by atoms with E-state index in [4.69, 9.17) is 14.2 Å². The van der Waals surface area contributed by atoms with Gasteiger partial charge in [-0.05, 0) is 77.0 Å². The summed E-state index contributed by atoms with van der Waals surface area (Å²) >= 11 is 0. The maximum atomic E-state index is 12.7. The third-order valence-electron chi connectivity index (χ3n) is 10.0. The molecule has 0 aliphatic carbocycles. The molecule has 0 spiro atoms. The first-order valence-electron chi connectivity index (χ1n) is 23.8. The lowest BCUT2D eigenvalue weighted by atomic mass is 10.0. The van der Waals surface area contributed by atoms with Gasteiger partial charge in [0.1, 0.15) is 13.2 Å². The summed E-state index contributed by atoms with van der Waals surface area (Å²) in [5.41, 5.74) is 0. The highest BCUT2D eigenvalue weighted by Gasteiger charge is 2.19. The van der Waals surface area contributed by atoms with E-state index >= 15 is 0 Å². The molecule has 0 N–H and O–H groups in total. The normalized spacial score (nSPS) is 12.5. The highest BCUT2D eigenvalue weighted by atomic mass is 16.6. The third-order valence-corrected chi connectivity index (χ3v) is 10.0. The van der Waals surface area contributed by atoms with Crippen LogP contribution in [0.5, 0.6) is 0 Å². The Morgan fingerprint density at radius 1 is 0.368 bits per heavy atom. The van der Waals surface area contributed by atoms with Gasteiger partial charge in [0.15, 0.2) is 6.10 Å². The predicted molar refractivity (Wildman–Crippen MR) is 242 cm³/mol. The van der Waals surface area contributed by atoms with E-state index in [1.165, 1.54) is 96.3 Å². The Labute approximate surface area is 351 Å². The molecule has 6 nitrogen and oxygen atoms in total. The van der Waals surface area contributed by atoms with Crippen LogP contribution < -0.4 is 0 Å². The minimum absolute atomic E-state index is 0.0906. The van der Waals surface area contributed by atoms with Gasteiger partial charge in [-0.25, -0.2) is 0 Å². The second kappa shape index (κ2) is 45.8. The zero-order valence-electron chi connectivity index (χ0n) is 37.3. The summed E-state index contributed by atoms with van der Waals surface area (Å²) in [5.74, 6) is -0.942. The van der Waals surface area contributed by atoms with Crippen molar-refractivity contribution in [2.45, 2.75) is 232 Å². The van der Waals surface area contributed by atoms with E-state index in [1.807, 2.05) is 0 Å². The molecule has 0 fully saturated rings. The maximum Gasteiger partial charge on any atom is 0.306 e. The molecule has 0 saturated carbocycles. The number of carbonyl (C=O) groups excluding carboxylic acids is 3.